The lowest BCUT2D eigenvalue weighted by Gasteiger charge is -2.06. The van der Waals surface area contributed by atoms with Gasteiger partial charge in [0.05, 0.1) is 5.69 Å². The zero-order valence-electron chi connectivity index (χ0n) is 12.7. The molecule has 2 aromatic carbocycles. The number of rotatable bonds is 4. The largest absolute Gasteiger partial charge is 0.477 e. The number of carboxylic acid groups (broad SMARTS) is 1. The van der Waals surface area contributed by atoms with Crippen molar-refractivity contribution in [3.8, 4) is 22.1 Å². The average molecular weight is 325 g/mol. The molecule has 1 aromatic heterocycles. The number of carbonyl (C=O) groups is 1. The molecule has 0 bridgehead atoms. The van der Waals surface area contributed by atoms with Crippen LogP contribution >= 0.6 is 11.3 Å². The van der Waals surface area contributed by atoms with Crippen LogP contribution in [0.1, 0.15) is 20.9 Å². The monoisotopic (exact) mass is 325 g/mol. The second kappa shape index (κ2) is 6.22. The third kappa shape index (κ3) is 3.40. The molecule has 0 amide bonds. The number of hydrogen-bond acceptors (Lipinski definition) is 4. The quantitative estimate of drug-likeness (QED) is 0.740. The summed E-state index contributed by atoms with van der Waals surface area (Å²) >= 11 is 1.18. The predicted molar refractivity (Wildman–Crippen MR) is 90.5 cm³/mol. The molecular formula is C18H15NO3S. The fourth-order valence-corrected chi connectivity index (χ4v) is 3.04. The number of carboxylic acids is 1. The zero-order chi connectivity index (χ0) is 16.4. The van der Waals surface area contributed by atoms with E-state index in [-0.39, 0.29) is 4.88 Å². The molecule has 0 aliphatic heterocycles. The van der Waals surface area contributed by atoms with Gasteiger partial charge in [-0.3, -0.25) is 0 Å². The number of thiazole rings is 1. The molecule has 1 heterocycles. The fraction of sp³-hybridized carbons (Fsp3) is 0.111. The molecule has 3 aromatic rings. The minimum absolute atomic E-state index is 0.278. The van der Waals surface area contributed by atoms with Crippen molar-refractivity contribution in [2.45, 2.75) is 13.8 Å². The third-order valence-electron chi connectivity index (χ3n) is 3.35. The second-order valence-corrected chi connectivity index (χ2v) is 6.18. The first-order valence-electron chi connectivity index (χ1n) is 7.08. The van der Waals surface area contributed by atoms with E-state index in [4.69, 9.17) is 9.84 Å². The maximum absolute atomic E-state index is 11.1. The topological polar surface area (TPSA) is 59.4 Å². The van der Waals surface area contributed by atoms with Gasteiger partial charge in [0.25, 0.3) is 0 Å². The Bertz CT molecular complexity index is 836. The van der Waals surface area contributed by atoms with Crippen LogP contribution in [0.3, 0.4) is 0 Å². The molecule has 0 aliphatic rings. The van der Waals surface area contributed by atoms with Crippen molar-refractivity contribution in [2.75, 3.05) is 0 Å². The summed E-state index contributed by atoms with van der Waals surface area (Å²) in [6.07, 6.45) is 0. The lowest BCUT2D eigenvalue weighted by atomic mass is 10.2. The molecule has 4 nitrogen and oxygen atoms in total. The summed E-state index contributed by atoms with van der Waals surface area (Å²) in [6.45, 7) is 3.73. The lowest BCUT2D eigenvalue weighted by molar-refractivity contribution is 0.0701. The summed E-state index contributed by atoms with van der Waals surface area (Å²) in [5.74, 6) is 0.566. The summed E-state index contributed by atoms with van der Waals surface area (Å²) < 4.78 is 5.78. The lowest BCUT2D eigenvalue weighted by Crippen LogP contribution is -1.94. The molecule has 0 atom stereocenters. The van der Waals surface area contributed by atoms with Crippen molar-refractivity contribution >= 4 is 17.3 Å². The normalized spacial score (nSPS) is 10.5. The fourth-order valence-electron chi connectivity index (χ4n) is 2.13. The van der Waals surface area contributed by atoms with Gasteiger partial charge >= 0.3 is 5.97 Å². The van der Waals surface area contributed by atoms with Gasteiger partial charge in [0, 0.05) is 5.56 Å². The number of nitrogens with zero attached hydrogens (tertiary/aromatic N) is 1. The molecule has 0 radical (unpaired) electrons. The Kier molecular flexibility index (Phi) is 4.12. The van der Waals surface area contributed by atoms with Crippen LogP contribution in [0.4, 0.5) is 0 Å². The van der Waals surface area contributed by atoms with E-state index in [1.165, 1.54) is 16.9 Å². The van der Waals surface area contributed by atoms with Crippen molar-refractivity contribution in [3.05, 3.63) is 64.7 Å². The molecule has 116 valence electrons. The van der Waals surface area contributed by atoms with Gasteiger partial charge in [0.15, 0.2) is 0 Å². The number of ether oxygens (including phenoxy) is 1. The summed E-state index contributed by atoms with van der Waals surface area (Å²) in [4.78, 5) is 15.7. The molecule has 0 saturated carbocycles. The van der Waals surface area contributed by atoms with Gasteiger partial charge in [-0.2, -0.15) is 0 Å². The maximum atomic E-state index is 11.1. The Hall–Kier alpha value is -2.66. The molecule has 0 saturated heterocycles. The van der Waals surface area contributed by atoms with Crippen molar-refractivity contribution in [1.82, 2.24) is 4.98 Å². The van der Waals surface area contributed by atoms with Crippen LogP contribution in [-0.2, 0) is 0 Å². The molecule has 0 fully saturated rings. The van der Waals surface area contributed by atoms with Gasteiger partial charge in [-0.05, 0) is 50.2 Å². The van der Waals surface area contributed by atoms with Crippen molar-refractivity contribution in [1.29, 1.82) is 0 Å². The Morgan fingerprint density at radius 1 is 1.00 bits per heavy atom. The number of aromatic nitrogens is 1. The van der Waals surface area contributed by atoms with Crippen LogP contribution < -0.4 is 4.74 Å². The number of aromatic carboxylic acids is 1. The van der Waals surface area contributed by atoms with Crippen LogP contribution in [0, 0.1) is 13.8 Å². The number of aryl methyl sites for hydroxylation is 2. The van der Waals surface area contributed by atoms with Crippen LogP contribution in [0.25, 0.3) is 10.6 Å². The zero-order valence-corrected chi connectivity index (χ0v) is 13.6. The summed E-state index contributed by atoms with van der Waals surface area (Å²) in [7, 11) is 0. The van der Waals surface area contributed by atoms with E-state index in [0.29, 0.717) is 10.7 Å². The Balaban J connectivity index is 1.80. The van der Waals surface area contributed by atoms with E-state index < -0.39 is 5.97 Å². The van der Waals surface area contributed by atoms with Crippen LogP contribution in [-0.4, -0.2) is 16.1 Å². The van der Waals surface area contributed by atoms with Gasteiger partial charge in [-0.15, -0.1) is 11.3 Å². The highest BCUT2D eigenvalue weighted by molar-refractivity contribution is 7.17. The van der Waals surface area contributed by atoms with Crippen molar-refractivity contribution in [2.24, 2.45) is 0 Å². The van der Waals surface area contributed by atoms with E-state index in [2.05, 4.69) is 4.98 Å². The van der Waals surface area contributed by atoms with E-state index in [1.54, 1.807) is 6.92 Å². The summed E-state index contributed by atoms with van der Waals surface area (Å²) in [5.41, 5.74) is 2.60. The van der Waals surface area contributed by atoms with E-state index in [0.717, 1.165) is 17.1 Å². The molecule has 23 heavy (non-hydrogen) atoms. The second-order valence-electron chi connectivity index (χ2n) is 5.18. The minimum atomic E-state index is -0.939. The molecule has 5 heteroatoms. The van der Waals surface area contributed by atoms with Gasteiger partial charge in [-0.1, -0.05) is 17.7 Å². The first-order chi connectivity index (χ1) is 11.0. The van der Waals surface area contributed by atoms with Gasteiger partial charge in [0.1, 0.15) is 21.4 Å². The summed E-state index contributed by atoms with van der Waals surface area (Å²) in [6, 6.07) is 15.3. The highest BCUT2D eigenvalue weighted by Gasteiger charge is 2.14. The Morgan fingerprint density at radius 2 is 1.57 bits per heavy atom. The van der Waals surface area contributed by atoms with Crippen LogP contribution in [0.5, 0.6) is 11.5 Å². The highest BCUT2D eigenvalue weighted by Crippen LogP contribution is 2.30. The first kappa shape index (κ1) is 15.2. The molecule has 3 rings (SSSR count). The van der Waals surface area contributed by atoms with Gasteiger partial charge < -0.3 is 9.84 Å². The SMILES string of the molecule is Cc1ccc(Oc2ccc(-c3nc(C)c(C(=O)O)s3)cc2)cc1. The van der Waals surface area contributed by atoms with Crippen molar-refractivity contribution < 1.29 is 14.6 Å². The van der Waals surface area contributed by atoms with E-state index in [1.807, 2.05) is 55.5 Å². The van der Waals surface area contributed by atoms with Gasteiger partial charge in [0.2, 0.25) is 0 Å². The molecule has 0 unspecified atom stereocenters. The predicted octanol–water partition coefficient (Wildman–Crippen LogP) is 4.92. The van der Waals surface area contributed by atoms with E-state index in [9.17, 15) is 4.79 Å². The molecule has 1 N–H and O–H groups in total. The number of benzene rings is 2. The van der Waals surface area contributed by atoms with E-state index >= 15 is 0 Å². The highest BCUT2D eigenvalue weighted by atomic mass is 32.1. The standard InChI is InChI=1S/C18H15NO3S/c1-11-3-7-14(8-4-11)22-15-9-5-13(6-10-15)17-19-12(2)16(23-17)18(20)21/h3-10H,1-2H3,(H,20,21). The minimum Gasteiger partial charge on any atom is -0.477 e. The van der Waals surface area contributed by atoms with Crippen LogP contribution in [0.15, 0.2) is 48.5 Å². The summed E-state index contributed by atoms with van der Waals surface area (Å²) in [5, 5.41) is 9.80. The number of hydrogen-bond donors (Lipinski definition) is 1. The Labute approximate surface area is 138 Å². The first-order valence-corrected chi connectivity index (χ1v) is 7.90. The third-order valence-corrected chi connectivity index (χ3v) is 4.54. The molecule has 0 aliphatic carbocycles. The van der Waals surface area contributed by atoms with Crippen LogP contribution in [0.2, 0.25) is 0 Å². The molecule has 0 spiro atoms. The smallest absolute Gasteiger partial charge is 0.347 e. The average Bonchev–Trinajstić information content (AvgIpc) is 2.92. The van der Waals surface area contributed by atoms with Gasteiger partial charge in [-0.25, -0.2) is 9.78 Å². The Morgan fingerprint density at radius 3 is 2.09 bits per heavy atom. The molecular weight excluding hydrogens is 310 g/mol. The maximum Gasteiger partial charge on any atom is 0.347 e. The van der Waals surface area contributed by atoms with Crippen molar-refractivity contribution in [3.63, 3.8) is 0 Å².